The largest absolute Gasteiger partial charge is 0.497 e. The minimum atomic E-state index is -0.478. The first kappa shape index (κ1) is 12.3. The maximum absolute atomic E-state index is 11.2. The van der Waals surface area contributed by atoms with Crippen LogP contribution in [0.3, 0.4) is 0 Å². The van der Waals surface area contributed by atoms with E-state index in [-0.39, 0.29) is 4.29 Å². The summed E-state index contributed by atoms with van der Waals surface area (Å²) in [6.45, 7) is 0. The summed E-state index contributed by atoms with van der Waals surface area (Å²) in [5.74, 6) is 0.127. The molecule has 0 saturated carbocycles. The molecule has 0 radical (unpaired) electrons. The Morgan fingerprint density at radius 3 is 2.80 bits per heavy atom. The number of nitrogens with two attached hydrogens (primary N) is 1. The van der Waals surface area contributed by atoms with Gasteiger partial charge < -0.3 is 10.5 Å². The van der Waals surface area contributed by atoms with Crippen LogP contribution in [-0.4, -0.2) is 17.3 Å². The molecule has 82 valence electrons. The number of primary amides is 1. The molecule has 1 unspecified atom stereocenters. The van der Waals surface area contributed by atoms with Gasteiger partial charge in [-0.1, -0.05) is 22.0 Å². The maximum atomic E-state index is 11.2. The van der Waals surface area contributed by atoms with E-state index in [4.69, 9.17) is 22.1 Å². The van der Waals surface area contributed by atoms with E-state index in [1.54, 1.807) is 18.2 Å². The summed E-state index contributed by atoms with van der Waals surface area (Å²) in [6, 6.07) is 5.17. The first-order valence-electron chi connectivity index (χ1n) is 4.29. The van der Waals surface area contributed by atoms with Crippen LogP contribution >= 0.6 is 27.5 Å². The smallest absolute Gasteiger partial charge is 0.249 e. The second kappa shape index (κ2) is 5.37. The number of methoxy groups -OCH3 is 1. The van der Waals surface area contributed by atoms with Crippen LogP contribution in [0.5, 0.6) is 5.75 Å². The molecule has 3 nitrogen and oxygen atoms in total. The van der Waals surface area contributed by atoms with Crippen LogP contribution in [0.1, 0.15) is 15.9 Å². The van der Waals surface area contributed by atoms with Gasteiger partial charge in [-0.3, -0.25) is 4.79 Å². The summed E-state index contributed by atoms with van der Waals surface area (Å²) in [6.07, 6.45) is 0.532. The number of halogens is 2. The van der Waals surface area contributed by atoms with Crippen molar-refractivity contribution in [1.29, 1.82) is 0 Å². The number of carbonyl (C=O) groups is 1. The van der Waals surface area contributed by atoms with Crippen LogP contribution in [0.4, 0.5) is 0 Å². The normalized spacial score (nSPS) is 12.2. The molecular formula is C10H11BrClNO2. The lowest BCUT2D eigenvalue weighted by Crippen LogP contribution is -2.15. The molecule has 0 fully saturated rings. The molecule has 1 amide bonds. The molecule has 1 rings (SSSR count). The van der Waals surface area contributed by atoms with Gasteiger partial charge in [-0.2, -0.15) is 0 Å². The number of hydrogen-bond acceptors (Lipinski definition) is 2. The molecule has 1 aromatic rings. The lowest BCUT2D eigenvalue weighted by atomic mass is 10.0. The quantitative estimate of drug-likeness (QED) is 0.866. The second-order valence-electron chi connectivity index (χ2n) is 2.98. The fraction of sp³-hybridized carbons (Fsp3) is 0.300. The van der Waals surface area contributed by atoms with Gasteiger partial charge in [0.05, 0.1) is 11.4 Å². The van der Waals surface area contributed by atoms with E-state index in [0.29, 0.717) is 17.7 Å². The first-order chi connectivity index (χ1) is 7.04. The number of benzene rings is 1. The van der Waals surface area contributed by atoms with Crippen LogP contribution < -0.4 is 10.5 Å². The average Bonchev–Trinajstić information content (AvgIpc) is 2.17. The molecule has 1 aromatic carbocycles. The first-order valence-corrected chi connectivity index (χ1v) is 5.64. The van der Waals surface area contributed by atoms with E-state index in [9.17, 15) is 4.79 Å². The molecule has 0 spiro atoms. The topological polar surface area (TPSA) is 52.3 Å². The fourth-order valence-electron chi connectivity index (χ4n) is 1.26. The van der Waals surface area contributed by atoms with Crippen molar-refractivity contribution in [3.05, 3.63) is 29.3 Å². The van der Waals surface area contributed by atoms with E-state index >= 15 is 0 Å². The summed E-state index contributed by atoms with van der Waals surface area (Å²) in [5.41, 5.74) is 6.51. The average molecular weight is 293 g/mol. The van der Waals surface area contributed by atoms with Crippen LogP contribution in [-0.2, 0) is 6.42 Å². The molecule has 15 heavy (non-hydrogen) atoms. The summed E-state index contributed by atoms with van der Waals surface area (Å²) >= 11 is 9.01. The molecule has 0 aliphatic carbocycles. The van der Waals surface area contributed by atoms with Gasteiger partial charge in [0.2, 0.25) is 5.91 Å². The molecule has 0 aromatic heterocycles. The van der Waals surface area contributed by atoms with Crippen molar-refractivity contribution in [2.45, 2.75) is 10.7 Å². The van der Waals surface area contributed by atoms with Crippen molar-refractivity contribution in [2.75, 3.05) is 7.11 Å². The predicted octanol–water partition coefficient (Wildman–Crippen LogP) is 2.30. The molecule has 2 N–H and O–H groups in total. The zero-order valence-electron chi connectivity index (χ0n) is 8.17. The third kappa shape index (κ3) is 3.39. The summed E-state index contributed by atoms with van der Waals surface area (Å²) in [5, 5.41) is 0. The Kier molecular flexibility index (Phi) is 4.42. The van der Waals surface area contributed by atoms with E-state index in [1.807, 2.05) is 0 Å². The van der Waals surface area contributed by atoms with Gasteiger partial charge in [0, 0.05) is 5.56 Å². The third-order valence-corrected chi connectivity index (χ3v) is 2.43. The van der Waals surface area contributed by atoms with Crippen molar-refractivity contribution in [3.63, 3.8) is 0 Å². The molecule has 5 heteroatoms. The zero-order valence-corrected chi connectivity index (χ0v) is 10.5. The standard InChI is InChI=1S/C10H11BrClNO2/c1-15-7-3-2-6(4-9(11)12)8(5-7)10(13)14/h2-3,5,9H,4H2,1H3,(H2,13,14). The summed E-state index contributed by atoms with van der Waals surface area (Å²) in [4.78, 5) is 11.2. The molecule has 0 saturated heterocycles. The highest BCUT2D eigenvalue weighted by Gasteiger charge is 2.11. The number of carbonyl (C=O) groups excluding carboxylic acids is 1. The molecule has 0 aliphatic heterocycles. The van der Waals surface area contributed by atoms with Gasteiger partial charge in [-0.25, -0.2) is 0 Å². The van der Waals surface area contributed by atoms with Gasteiger partial charge >= 0.3 is 0 Å². The van der Waals surface area contributed by atoms with Crippen molar-refractivity contribution in [2.24, 2.45) is 5.73 Å². The number of amides is 1. The summed E-state index contributed by atoms with van der Waals surface area (Å²) in [7, 11) is 1.54. The highest BCUT2D eigenvalue weighted by atomic mass is 79.9. The van der Waals surface area contributed by atoms with E-state index < -0.39 is 5.91 Å². The van der Waals surface area contributed by atoms with Crippen LogP contribution in [0.2, 0.25) is 0 Å². The highest BCUT2D eigenvalue weighted by Crippen LogP contribution is 2.21. The van der Waals surface area contributed by atoms with Gasteiger partial charge in [0.25, 0.3) is 0 Å². The Morgan fingerprint density at radius 2 is 2.33 bits per heavy atom. The van der Waals surface area contributed by atoms with Crippen LogP contribution in [0.15, 0.2) is 18.2 Å². The van der Waals surface area contributed by atoms with Crippen LogP contribution in [0.25, 0.3) is 0 Å². The number of alkyl halides is 2. The van der Waals surface area contributed by atoms with E-state index in [0.717, 1.165) is 5.56 Å². The van der Waals surface area contributed by atoms with Crippen molar-refractivity contribution in [1.82, 2.24) is 0 Å². The van der Waals surface area contributed by atoms with Gasteiger partial charge in [0.1, 0.15) is 5.75 Å². The van der Waals surface area contributed by atoms with Crippen molar-refractivity contribution >= 4 is 33.4 Å². The maximum Gasteiger partial charge on any atom is 0.249 e. The molecule has 0 heterocycles. The molecule has 1 atom stereocenters. The molecule has 0 bridgehead atoms. The lowest BCUT2D eigenvalue weighted by molar-refractivity contribution is 0.0999. The lowest BCUT2D eigenvalue weighted by Gasteiger charge is -2.09. The fourth-order valence-corrected chi connectivity index (χ4v) is 1.77. The minimum absolute atomic E-state index is 0.219. The second-order valence-corrected chi connectivity index (χ2v) is 5.14. The molecular weight excluding hydrogens is 281 g/mol. The highest BCUT2D eigenvalue weighted by molar-refractivity contribution is 9.10. The Hall–Kier alpha value is -0.740. The van der Waals surface area contributed by atoms with Gasteiger partial charge in [-0.15, -0.1) is 11.6 Å². The Labute approximate surface area is 102 Å². The summed E-state index contributed by atoms with van der Waals surface area (Å²) < 4.78 is 4.79. The number of rotatable bonds is 4. The SMILES string of the molecule is COc1ccc(CC(Cl)Br)c(C(N)=O)c1. The minimum Gasteiger partial charge on any atom is -0.497 e. The zero-order chi connectivity index (χ0) is 11.4. The predicted molar refractivity (Wildman–Crippen MR) is 63.8 cm³/mol. The van der Waals surface area contributed by atoms with Gasteiger partial charge in [-0.05, 0) is 24.1 Å². The van der Waals surface area contributed by atoms with Gasteiger partial charge in [0.15, 0.2) is 0 Å². The van der Waals surface area contributed by atoms with Crippen LogP contribution in [0, 0.1) is 0 Å². The van der Waals surface area contributed by atoms with Crippen molar-refractivity contribution in [3.8, 4) is 5.75 Å². The third-order valence-electron chi connectivity index (χ3n) is 1.96. The monoisotopic (exact) mass is 291 g/mol. The number of ether oxygens (including phenoxy) is 1. The number of hydrogen-bond donors (Lipinski definition) is 1. The Bertz CT molecular complexity index is 368. The Morgan fingerprint density at radius 1 is 1.67 bits per heavy atom. The molecule has 0 aliphatic rings. The van der Waals surface area contributed by atoms with E-state index in [1.165, 1.54) is 7.11 Å². The van der Waals surface area contributed by atoms with E-state index in [2.05, 4.69) is 15.9 Å². The van der Waals surface area contributed by atoms with Crippen molar-refractivity contribution < 1.29 is 9.53 Å². The Balaban J connectivity index is 3.09.